The normalized spacial score (nSPS) is 11.3. The Balaban J connectivity index is 2.80. The van der Waals surface area contributed by atoms with Gasteiger partial charge in [0, 0.05) is 19.1 Å². The molecule has 0 atom stereocenters. The Morgan fingerprint density at radius 2 is 2.20 bits per heavy atom. The molecule has 0 unspecified atom stereocenters. The van der Waals surface area contributed by atoms with Crippen LogP contribution in [0.2, 0.25) is 0 Å². The minimum atomic E-state index is -3.29. The van der Waals surface area contributed by atoms with Crippen molar-refractivity contribution in [3.63, 3.8) is 0 Å². The summed E-state index contributed by atoms with van der Waals surface area (Å²) >= 11 is 5.46. The molecule has 0 bridgehead atoms. The van der Waals surface area contributed by atoms with Gasteiger partial charge in [-0.2, -0.15) is 0 Å². The highest BCUT2D eigenvalue weighted by atomic mass is 35.5. The molecule has 0 aliphatic rings. The molecule has 15 heavy (non-hydrogen) atoms. The predicted molar refractivity (Wildman–Crippen MR) is 61.8 cm³/mol. The molecule has 0 aromatic carbocycles. The third-order valence-corrected chi connectivity index (χ3v) is 4.02. The number of alkyl halides is 1. The lowest BCUT2D eigenvalue weighted by atomic mass is 10.5. The SMILES string of the molecule is CN(c1ccccn1)S(=O)(=O)CCCCl. The van der Waals surface area contributed by atoms with Crippen molar-refractivity contribution < 1.29 is 8.42 Å². The number of hydrogen-bond donors (Lipinski definition) is 0. The lowest BCUT2D eigenvalue weighted by Gasteiger charge is -2.17. The summed E-state index contributed by atoms with van der Waals surface area (Å²) in [6.07, 6.45) is 2.00. The third-order valence-electron chi connectivity index (χ3n) is 1.93. The van der Waals surface area contributed by atoms with Gasteiger partial charge in [0.25, 0.3) is 0 Å². The van der Waals surface area contributed by atoms with Crippen LogP contribution >= 0.6 is 11.6 Å². The predicted octanol–water partition coefficient (Wildman–Crippen LogP) is 1.48. The van der Waals surface area contributed by atoms with Gasteiger partial charge >= 0.3 is 0 Å². The molecule has 6 heteroatoms. The summed E-state index contributed by atoms with van der Waals surface area (Å²) < 4.78 is 24.6. The fourth-order valence-corrected chi connectivity index (χ4v) is 2.52. The van der Waals surface area contributed by atoms with Gasteiger partial charge in [0.2, 0.25) is 10.0 Å². The summed E-state index contributed by atoms with van der Waals surface area (Å²) in [4.78, 5) is 3.97. The molecule has 1 aromatic heterocycles. The number of sulfonamides is 1. The summed E-state index contributed by atoms with van der Waals surface area (Å²) in [6.45, 7) is 0. The van der Waals surface area contributed by atoms with E-state index in [1.54, 1.807) is 24.4 Å². The van der Waals surface area contributed by atoms with Crippen LogP contribution in [0, 0.1) is 0 Å². The van der Waals surface area contributed by atoms with Gasteiger partial charge < -0.3 is 0 Å². The van der Waals surface area contributed by atoms with E-state index in [9.17, 15) is 8.42 Å². The van der Waals surface area contributed by atoms with Crippen molar-refractivity contribution >= 4 is 27.4 Å². The van der Waals surface area contributed by atoms with Crippen molar-refractivity contribution in [1.29, 1.82) is 0 Å². The smallest absolute Gasteiger partial charge is 0.236 e. The minimum Gasteiger partial charge on any atom is -0.257 e. The van der Waals surface area contributed by atoms with Crippen LogP contribution in [-0.4, -0.2) is 32.1 Å². The Morgan fingerprint density at radius 3 is 2.73 bits per heavy atom. The van der Waals surface area contributed by atoms with E-state index in [2.05, 4.69) is 4.98 Å². The summed E-state index contributed by atoms with van der Waals surface area (Å²) in [7, 11) is -1.80. The molecule has 0 aliphatic heterocycles. The molecule has 84 valence electrons. The van der Waals surface area contributed by atoms with Crippen molar-refractivity contribution in [2.45, 2.75) is 6.42 Å². The molecule has 0 aliphatic carbocycles. The standard InChI is InChI=1S/C9H13ClN2O2S/c1-12(9-5-2-3-7-11-9)15(13,14)8-4-6-10/h2-3,5,7H,4,6,8H2,1H3. The highest BCUT2D eigenvalue weighted by Crippen LogP contribution is 2.12. The van der Waals surface area contributed by atoms with Gasteiger partial charge in [-0.3, -0.25) is 4.31 Å². The molecule has 0 saturated heterocycles. The Hall–Kier alpha value is -0.810. The first kappa shape index (κ1) is 12.3. The number of anilines is 1. The molecule has 0 spiro atoms. The number of rotatable bonds is 5. The topological polar surface area (TPSA) is 50.3 Å². The molecule has 4 nitrogen and oxygen atoms in total. The largest absolute Gasteiger partial charge is 0.257 e. The van der Waals surface area contributed by atoms with Crippen LogP contribution in [0.1, 0.15) is 6.42 Å². The molecule has 0 fully saturated rings. The molecule has 0 saturated carbocycles. The van der Waals surface area contributed by atoms with Crippen molar-refractivity contribution in [1.82, 2.24) is 4.98 Å². The fourth-order valence-electron chi connectivity index (χ4n) is 1.06. The van der Waals surface area contributed by atoms with Crippen molar-refractivity contribution in [3.8, 4) is 0 Å². The zero-order valence-electron chi connectivity index (χ0n) is 8.43. The van der Waals surface area contributed by atoms with Crippen molar-refractivity contribution in [2.24, 2.45) is 0 Å². The van der Waals surface area contributed by atoms with E-state index in [1.165, 1.54) is 11.4 Å². The third kappa shape index (κ3) is 3.35. The van der Waals surface area contributed by atoms with Crippen molar-refractivity contribution in [2.75, 3.05) is 23.0 Å². The zero-order chi connectivity index (χ0) is 11.3. The second-order valence-electron chi connectivity index (χ2n) is 3.01. The van der Waals surface area contributed by atoms with Gasteiger partial charge in [0.1, 0.15) is 5.82 Å². The lowest BCUT2D eigenvalue weighted by Crippen LogP contribution is -2.29. The van der Waals surface area contributed by atoms with E-state index in [4.69, 9.17) is 11.6 Å². The molecule has 0 radical (unpaired) electrons. The number of aromatic nitrogens is 1. The average Bonchev–Trinajstić information content (AvgIpc) is 2.26. The summed E-state index contributed by atoms with van der Waals surface area (Å²) in [5.74, 6) is 0.811. The van der Waals surface area contributed by atoms with Crippen LogP contribution in [-0.2, 0) is 10.0 Å². The first-order chi connectivity index (χ1) is 7.08. The van der Waals surface area contributed by atoms with E-state index in [0.717, 1.165) is 0 Å². The molecule has 1 heterocycles. The number of halogens is 1. The summed E-state index contributed by atoms with van der Waals surface area (Å²) in [5, 5.41) is 0. The Kier molecular flexibility index (Phi) is 4.35. The molecule has 1 aromatic rings. The Labute approximate surface area is 94.9 Å². The molecular weight excluding hydrogens is 236 g/mol. The summed E-state index contributed by atoms with van der Waals surface area (Å²) in [6, 6.07) is 5.14. The van der Waals surface area contributed by atoms with Gasteiger partial charge in [-0.1, -0.05) is 6.07 Å². The van der Waals surface area contributed by atoms with Gasteiger partial charge in [-0.15, -0.1) is 11.6 Å². The molecule has 0 amide bonds. The fraction of sp³-hybridized carbons (Fsp3) is 0.444. The average molecular weight is 249 g/mol. The van der Waals surface area contributed by atoms with Crippen LogP contribution in [0.5, 0.6) is 0 Å². The van der Waals surface area contributed by atoms with Crippen LogP contribution in [0.15, 0.2) is 24.4 Å². The van der Waals surface area contributed by atoms with Gasteiger partial charge in [0.15, 0.2) is 0 Å². The van der Waals surface area contributed by atoms with Gasteiger partial charge in [-0.25, -0.2) is 13.4 Å². The molecule has 0 N–H and O–H groups in total. The van der Waals surface area contributed by atoms with Gasteiger partial charge in [-0.05, 0) is 18.6 Å². The van der Waals surface area contributed by atoms with Gasteiger partial charge in [0.05, 0.1) is 5.75 Å². The zero-order valence-corrected chi connectivity index (χ0v) is 10.0. The van der Waals surface area contributed by atoms with E-state index in [1.807, 2.05) is 0 Å². The number of hydrogen-bond acceptors (Lipinski definition) is 3. The molecule has 1 rings (SSSR count). The van der Waals surface area contributed by atoms with Crippen LogP contribution in [0.25, 0.3) is 0 Å². The Morgan fingerprint density at radius 1 is 1.47 bits per heavy atom. The highest BCUT2D eigenvalue weighted by Gasteiger charge is 2.18. The number of pyridine rings is 1. The summed E-state index contributed by atoms with van der Waals surface area (Å²) in [5.41, 5.74) is 0. The van der Waals surface area contributed by atoms with Crippen LogP contribution in [0.3, 0.4) is 0 Å². The maximum Gasteiger partial charge on any atom is 0.236 e. The molecular formula is C9H13ClN2O2S. The van der Waals surface area contributed by atoms with Crippen molar-refractivity contribution in [3.05, 3.63) is 24.4 Å². The second-order valence-corrected chi connectivity index (χ2v) is 5.51. The maximum absolute atomic E-state index is 11.7. The quantitative estimate of drug-likeness (QED) is 0.742. The first-order valence-corrected chi connectivity index (χ1v) is 6.66. The van der Waals surface area contributed by atoms with E-state index < -0.39 is 10.0 Å². The second kappa shape index (κ2) is 5.32. The van der Waals surface area contributed by atoms with E-state index >= 15 is 0 Å². The number of nitrogens with zero attached hydrogens (tertiary/aromatic N) is 2. The lowest BCUT2D eigenvalue weighted by molar-refractivity contribution is 0.592. The Bertz CT molecular complexity index is 394. The van der Waals surface area contributed by atoms with E-state index in [0.29, 0.717) is 18.1 Å². The van der Waals surface area contributed by atoms with E-state index in [-0.39, 0.29) is 5.75 Å². The maximum atomic E-state index is 11.7. The van der Waals surface area contributed by atoms with Crippen LogP contribution in [0.4, 0.5) is 5.82 Å². The highest BCUT2D eigenvalue weighted by molar-refractivity contribution is 7.92. The first-order valence-electron chi connectivity index (χ1n) is 4.51. The van der Waals surface area contributed by atoms with Crippen LogP contribution < -0.4 is 4.31 Å². The monoisotopic (exact) mass is 248 g/mol. The minimum absolute atomic E-state index is 0.0452.